The van der Waals surface area contributed by atoms with Crippen LogP contribution in [0.1, 0.15) is 19.8 Å². The Kier molecular flexibility index (Phi) is 4.84. The van der Waals surface area contributed by atoms with Crippen LogP contribution in [0.3, 0.4) is 0 Å². The van der Waals surface area contributed by atoms with Gasteiger partial charge in [-0.25, -0.2) is 0 Å². The van der Waals surface area contributed by atoms with Crippen LogP contribution in [0, 0.1) is 11.3 Å². The van der Waals surface area contributed by atoms with E-state index in [0.717, 1.165) is 6.21 Å². The third-order valence-corrected chi connectivity index (χ3v) is 1.53. The molecular weight excluding hydrogens is 154 g/mol. The molecule has 0 aliphatic heterocycles. The summed E-state index contributed by atoms with van der Waals surface area (Å²) < 4.78 is 0. The van der Waals surface area contributed by atoms with Crippen molar-refractivity contribution in [2.75, 3.05) is 0 Å². The molecule has 0 aliphatic rings. The second-order valence-corrected chi connectivity index (χ2v) is 2.67. The van der Waals surface area contributed by atoms with E-state index in [2.05, 4.69) is 6.58 Å². The lowest BCUT2D eigenvalue weighted by Crippen LogP contribution is -2.17. The van der Waals surface area contributed by atoms with E-state index in [1.165, 1.54) is 6.92 Å². The third-order valence-electron chi connectivity index (χ3n) is 1.53. The van der Waals surface area contributed by atoms with Crippen molar-refractivity contribution in [3.8, 4) is 0 Å². The molecule has 66 valence electrons. The first-order valence-corrected chi connectivity index (χ1v) is 3.76. The maximum atomic E-state index is 11.0. The van der Waals surface area contributed by atoms with Crippen LogP contribution < -0.4 is 0 Å². The molecule has 1 atom stereocenters. The summed E-state index contributed by atoms with van der Waals surface area (Å²) in [5, 5.41) is 6.74. The van der Waals surface area contributed by atoms with Crippen LogP contribution in [0.15, 0.2) is 12.7 Å². The maximum absolute atomic E-state index is 11.0. The Hall–Kier alpha value is -1.25. The van der Waals surface area contributed by atoms with Gasteiger partial charge in [-0.2, -0.15) is 0 Å². The van der Waals surface area contributed by atoms with Gasteiger partial charge in [0, 0.05) is 12.3 Å². The van der Waals surface area contributed by atoms with Crippen LogP contribution in [0.2, 0.25) is 0 Å². The van der Waals surface area contributed by atoms with Crippen LogP contribution in [0.25, 0.3) is 0 Å². The number of ketones is 2. The fourth-order valence-corrected chi connectivity index (χ4v) is 0.966. The van der Waals surface area contributed by atoms with Gasteiger partial charge in [-0.3, -0.25) is 4.79 Å². The second kappa shape index (κ2) is 5.41. The Morgan fingerprint density at radius 1 is 1.58 bits per heavy atom. The van der Waals surface area contributed by atoms with Gasteiger partial charge in [0.15, 0.2) is 5.78 Å². The molecule has 0 aromatic heterocycles. The molecule has 0 spiro atoms. The molecule has 0 radical (unpaired) electrons. The Bertz CT molecular complexity index is 209. The van der Waals surface area contributed by atoms with Crippen molar-refractivity contribution in [3.05, 3.63) is 12.7 Å². The van der Waals surface area contributed by atoms with Gasteiger partial charge in [0.1, 0.15) is 5.78 Å². The molecule has 0 saturated heterocycles. The monoisotopic (exact) mass is 167 g/mol. The van der Waals surface area contributed by atoms with Crippen molar-refractivity contribution in [1.29, 1.82) is 5.41 Å². The lowest BCUT2D eigenvalue weighted by atomic mass is 9.95. The Morgan fingerprint density at radius 2 is 2.17 bits per heavy atom. The number of Topliss-reactive ketones (excluding diaryl/α,β-unsaturated/α-hetero) is 2. The van der Waals surface area contributed by atoms with E-state index in [1.807, 2.05) is 0 Å². The molecule has 3 nitrogen and oxygen atoms in total. The number of hydrogen-bond acceptors (Lipinski definition) is 3. The van der Waals surface area contributed by atoms with Gasteiger partial charge >= 0.3 is 0 Å². The number of rotatable bonds is 6. The summed E-state index contributed by atoms with van der Waals surface area (Å²) in [7, 11) is 0. The predicted octanol–water partition coefficient (Wildman–Crippen LogP) is 1.38. The predicted molar refractivity (Wildman–Crippen MR) is 47.4 cm³/mol. The highest BCUT2D eigenvalue weighted by atomic mass is 16.1. The average Bonchev–Trinajstić information content (AvgIpc) is 2.01. The SMILES string of the molecule is C=CCC(CC(C)=O)C(=O)C=N. The van der Waals surface area contributed by atoms with Crippen LogP contribution in [-0.2, 0) is 9.59 Å². The number of nitrogens with one attached hydrogen (secondary N) is 1. The molecule has 0 aliphatic carbocycles. The minimum atomic E-state index is -0.377. The maximum Gasteiger partial charge on any atom is 0.176 e. The quantitative estimate of drug-likeness (QED) is 0.480. The number of hydrogen-bond donors (Lipinski definition) is 1. The van der Waals surface area contributed by atoms with Gasteiger partial charge in [-0.1, -0.05) is 6.08 Å². The second-order valence-electron chi connectivity index (χ2n) is 2.67. The molecular formula is C9H13NO2. The highest BCUT2D eigenvalue weighted by Crippen LogP contribution is 2.09. The topological polar surface area (TPSA) is 58.0 Å². The molecule has 0 aromatic rings. The Morgan fingerprint density at radius 3 is 2.50 bits per heavy atom. The van der Waals surface area contributed by atoms with E-state index >= 15 is 0 Å². The molecule has 0 amide bonds. The summed E-state index contributed by atoms with van der Waals surface area (Å²) in [6, 6.07) is 0. The van der Waals surface area contributed by atoms with E-state index in [0.29, 0.717) is 6.42 Å². The smallest absolute Gasteiger partial charge is 0.176 e. The molecule has 0 aromatic carbocycles. The van der Waals surface area contributed by atoms with Gasteiger partial charge in [-0.15, -0.1) is 6.58 Å². The first-order valence-electron chi connectivity index (χ1n) is 3.76. The van der Waals surface area contributed by atoms with Gasteiger partial charge < -0.3 is 10.2 Å². The summed E-state index contributed by atoms with van der Waals surface area (Å²) in [5.41, 5.74) is 0. The van der Waals surface area contributed by atoms with E-state index in [1.54, 1.807) is 6.08 Å². The van der Waals surface area contributed by atoms with Crippen molar-refractivity contribution in [2.45, 2.75) is 19.8 Å². The van der Waals surface area contributed by atoms with E-state index in [4.69, 9.17) is 5.41 Å². The zero-order valence-corrected chi connectivity index (χ0v) is 7.17. The van der Waals surface area contributed by atoms with Gasteiger partial charge in [0.25, 0.3) is 0 Å². The summed E-state index contributed by atoms with van der Waals surface area (Å²) in [6.07, 6.45) is 3.03. The molecule has 3 heteroatoms. The van der Waals surface area contributed by atoms with Crippen LogP contribution in [0.4, 0.5) is 0 Å². The van der Waals surface area contributed by atoms with Crippen molar-refractivity contribution >= 4 is 17.8 Å². The van der Waals surface area contributed by atoms with Gasteiger partial charge in [-0.05, 0) is 13.3 Å². The van der Waals surface area contributed by atoms with Crippen LogP contribution in [0.5, 0.6) is 0 Å². The highest BCUT2D eigenvalue weighted by molar-refractivity contribution is 6.27. The summed E-state index contributed by atoms with van der Waals surface area (Å²) in [6.45, 7) is 4.92. The highest BCUT2D eigenvalue weighted by Gasteiger charge is 2.16. The zero-order chi connectivity index (χ0) is 9.56. The minimum Gasteiger partial charge on any atom is -0.305 e. The molecule has 0 fully saturated rings. The van der Waals surface area contributed by atoms with Crippen LogP contribution >= 0.6 is 0 Å². The van der Waals surface area contributed by atoms with Gasteiger partial charge in [0.05, 0.1) is 6.21 Å². The first kappa shape index (κ1) is 10.8. The zero-order valence-electron chi connectivity index (χ0n) is 7.17. The van der Waals surface area contributed by atoms with Crippen molar-refractivity contribution in [1.82, 2.24) is 0 Å². The summed E-state index contributed by atoms with van der Waals surface area (Å²) >= 11 is 0. The largest absolute Gasteiger partial charge is 0.305 e. The number of allylic oxidation sites excluding steroid dienone is 1. The molecule has 0 saturated carbocycles. The Balaban J connectivity index is 4.20. The first-order chi connectivity index (χ1) is 5.61. The molecule has 0 heterocycles. The van der Waals surface area contributed by atoms with Gasteiger partial charge in [0.2, 0.25) is 0 Å². The number of carbonyl (C=O) groups excluding carboxylic acids is 2. The fourth-order valence-electron chi connectivity index (χ4n) is 0.966. The summed E-state index contributed by atoms with van der Waals surface area (Å²) in [4.78, 5) is 21.7. The molecule has 1 unspecified atom stereocenters. The lowest BCUT2D eigenvalue weighted by Gasteiger charge is -2.07. The Labute approximate surface area is 72.0 Å². The normalized spacial score (nSPS) is 11.8. The molecule has 12 heavy (non-hydrogen) atoms. The molecule has 1 N–H and O–H groups in total. The fraction of sp³-hybridized carbons (Fsp3) is 0.444. The van der Waals surface area contributed by atoms with Crippen molar-refractivity contribution in [2.24, 2.45) is 5.92 Å². The van der Waals surface area contributed by atoms with E-state index in [9.17, 15) is 9.59 Å². The molecule has 0 rings (SSSR count). The molecule has 0 bridgehead atoms. The minimum absolute atomic E-state index is 0.0305. The standard InChI is InChI=1S/C9H13NO2/c1-3-4-8(5-7(2)11)9(12)6-10/h3,6,8,10H,1,4-5H2,2H3. The van der Waals surface area contributed by atoms with E-state index < -0.39 is 0 Å². The van der Waals surface area contributed by atoms with Crippen molar-refractivity contribution < 1.29 is 9.59 Å². The van der Waals surface area contributed by atoms with E-state index in [-0.39, 0.29) is 23.9 Å². The lowest BCUT2D eigenvalue weighted by molar-refractivity contribution is -0.123. The number of carbonyl (C=O) groups is 2. The summed E-state index contributed by atoms with van der Waals surface area (Å²) in [5.74, 6) is -0.709. The van der Waals surface area contributed by atoms with Crippen LogP contribution in [-0.4, -0.2) is 17.8 Å². The van der Waals surface area contributed by atoms with Crippen molar-refractivity contribution in [3.63, 3.8) is 0 Å². The third kappa shape index (κ3) is 3.81. The average molecular weight is 167 g/mol.